The van der Waals surface area contributed by atoms with Gasteiger partial charge in [-0.1, -0.05) is 30.9 Å². The topological polar surface area (TPSA) is 121 Å². The summed E-state index contributed by atoms with van der Waals surface area (Å²) in [6.07, 6.45) is 3.67. The molecule has 12 heteroatoms. The summed E-state index contributed by atoms with van der Waals surface area (Å²) in [5.74, 6) is 1.21. The number of rotatable bonds is 8. The van der Waals surface area contributed by atoms with Crippen molar-refractivity contribution in [1.82, 2.24) is 19.8 Å². The lowest BCUT2D eigenvalue weighted by molar-refractivity contribution is -0.0878. The smallest absolute Gasteiger partial charge is 0.415 e. The molecule has 2 aliphatic rings. The van der Waals surface area contributed by atoms with E-state index in [1.165, 1.54) is 6.08 Å². The molecule has 0 bridgehead atoms. The first-order chi connectivity index (χ1) is 18.5. The summed E-state index contributed by atoms with van der Waals surface area (Å²) in [5, 5.41) is 13.1. The van der Waals surface area contributed by atoms with Crippen LogP contribution in [-0.2, 0) is 0 Å². The molecule has 0 unspecified atom stereocenters. The standard InChI is InChI=1S/C27H32F3N7O2/c1-3-18(6-5-17(2)27(28,29)30)19-7-8-22-21(15-19)34-24-23(39-22)16-37(26(38)35-24)20-9-13-36(14-10-20)12-4-11-33-25(31)32/h3,5-8,15-16,20H,2,4,9-14H2,1H3,(H4,31,32,33)(H,34,35,38)/b6-5-,18-3+. The molecule has 1 aromatic carbocycles. The van der Waals surface area contributed by atoms with Crippen LogP contribution in [0.5, 0.6) is 11.5 Å². The zero-order chi connectivity index (χ0) is 28.2. The minimum Gasteiger partial charge on any atom is -0.450 e. The maximum absolute atomic E-state index is 12.9. The summed E-state index contributed by atoms with van der Waals surface area (Å²) in [4.78, 5) is 19.4. The predicted octanol–water partition coefficient (Wildman–Crippen LogP) is 4.68. The van der Waals surface area contributed by atoms with E-state index in [0.717, 1.165) is 45.0 Å². The summed E-state index contributed by atoms with van der Waals surface area (Å²) in [6, 6.07) is 5.23. The van der Waals surface area contributed by atoms with Gasteiger partial charge in [-0.15, -0.1) is 0 Å². The summed E-state index contributed by atoms with van der Waals surface area (Å²) < 4.78 is 46.1. The third-order valence-electron chi connectivity index (χ3n) is 6.76. The quantitative estimate of drug-likeness (QED) is 0.141. The van der Waals surface area contributed by atoms with Crippen molar-refractivity contribution in [3.8, 4) is 11.5 Å². The zero-order valence-corrected chi connectivity index (χ0v) is 21.6. The second kappa shape index (κ2) is 11.8. The molecule has 0 atom stereocenters. The minimum absolute atomic E-state index is 0.00440. The Hall–Kier alpha value is -4.06. The fraction of sp³-hybridized carbons (Fsp3) is 0.370. The molecular weight excluding hydrogens is 511 g/mol. The van der Waals surface area contributed by atoms with Crippen LogP contribution in [0, 0.1) is 5.41 Å². The van der Waals surface area contributed by atoms with Crippen molar-refractivity contribution in [3.63, 3.8) is 0 Å². The normalized spacial score (nSPS) is 16.3. The number of likely N-dealkylation sites (tertiary alicyclic amines) is 1. The van der Waals surface area contributed by atoms with Gasteiger partial charge in [0.15, 0.2) is 23.3 Å². The number of guanidine groups is 1. The van der Waals surface area contributed by atoms with Gasteiger partial charge < -0.3 is 26.0 Å². The molecule has 3 heterocycles. The Morgan fingerprint density at radius 1 is 1.31 bits per heavy atom. The van der Waals surface area contributed by atoms with E-state index in [4.69, 9.17) is 15.9 Å². The SMILES string of the molecule is C=C(/C=C\C(=C/C)c1ccc2c(c1)Nc1nc(=O)n(C3CCN(CCCNC(=N)N)CC3)cc1O2)C(F)(F)F. The Labute approximate surface area is 224 Å². The van der Waals surface area contributed by atoms with E-state index in [9.17, 15) is 18.0 Å². The number of hydrogen-bond acceptors (Lipinski definition) is 6. The maximum atomic E-state index is 12.9. The van der Waals surface area contributed by atoms with E-state index in [-0.39, 0.29) is 17.7 Å². The summed E-state index contributed by atoms with van der Waals surface area (Å²) in [5.41, 5.74) is 5.78. The van der Waals surface area contributed by atoms with Crippen LogP contribution in [0.4, 0.5) is 24.7 Å². The third kappa shape index (κ3) is 6.88. The van der Waals surface area contributed by atoms with Crippen LogP contribution in [0.25, 0.3) is 5.57 Å². The third-order valence-corrected chi connectivity index (χ3v) is 6.76. The number of benzene rings is 1. The first-order valence-electron chi connectivity index (χ1n) is 12.7. The number of fused-ring (bicyclic) bond motifs is 2. The monoisotopic (exact) mass is 543 g/mol. The summed E-state index contributed by atoms with van der Waals surface area (Å²) >= 11 is 0. The number of anilines is 2. The molecule has 1 aromatic heterocycles. The number of allylic oxidation sites excluding steroid dienone is 5. The molecule has 0 spiro atoms. The molecule has 0 aliphatic carbocycles. The number of halogens is 3. The van der Waals surface area contributed by atoms with Crippen LogP contribution in [0.15, 0.2) is 59.6 Å². The number of hydrogen-bond donors (Lipinski definition) is 4. The van der Waals surface area contributed by atoms with Crippen LogP contribution in [0.1, 0.15) is 37.8 Å². The summed E-state index contributed by atoms with van der Waals surface area (Å²) in [6.45, 7) is 8.02. The van der Waals surface area contributed by atoms with E-state index in [1.807, 2.05) is 0 Å². The zero-order valence-electron chi connectivity index (χ0n) is 21.6. The largest absolute Gasteiger partial charge is 0.450 e. The number of nitrogens with one attached hydrogen (secondary N) is 3. The lowest BCUT2D eigenvalue weighted by Crippen LogP contribution is -2.39. The van der Waals surface area contributed by atoms with Gasteiger partial charge >= 0.3 is 11.9 Å². The van der Waals surface area contributed by atoms with Crippen molar-refractivity contribution < 1.29 is 17.9 Å². The second-order valence-corrected chi connectivity index (χ2v) is 9.45. The first kappa shape index (κ1) is 28.0. The highest BCUT2D eigenvalue weighted by atomic mass is 19.4. The van der Waals surface area contributed by atoms with Gasteiger partial charge in [-0.25, -0.2) is 4.79 Å². The van der Waals surface area contributed by atoms with Crippen LogP contribution in [-0.4, -0.2) is 52.8 Å². The Bertz CT molecular complexity index is 1360. The molecule has 0 radical (unpaired) electrons. The molecular formula is C27H32F3N7O2. The van der Waals surface area contributed by atoms with E-state index >= 15 is 0 Å². The highest BCUT2D eigenvalue weighted by Gasteiger charge is 2.30. The fourth-order valence-corrected chi connectivity index (χ4v) is 4.61. The molecule has 2 aromatic rings. The lowest BCUT2D eigenvalue weighted by Gasteiger charge is -2.33. The molecule has 39 heavy (non-hydrogen) atoms. The molecule has 208 valence electrons. The van der Waals surface area contributed by atoms with Crippen molar-refractivity contribution in [1.29, 1.82) is 5.41 Å². The van der Waals surface area contributed by atoms with E-state index in [0.29, 0.717) is 40.7 Å². The Morgan fingerprint density at radius 3 is 2.72 bits per heavy atom. The molecule has 4 rings (SSSR count). The molecule has 9 nitrogen and oxygen atoms in total. The molecule has 0 amide bonds. The highest BCUT2D eigenvalue weighted by Crippen LogP contribution is 2.42. The van der Waals surface area contributed by atoms with Gasteiger partial charge in [-0.2, -0.15) is 18.2 Å². The van der Waals surface area contributed by atoms with Crippen molar-refractivity contribution in [3.05, 3.63) is 70.8 Å². The Kier molecular flexibility index (Phi) is 8.44. The number of nitrogens with two attached hydrogens (primary N) is 1. The van der Waals surface area contributed by atoms with E-state index in [1.54, 1.807) is 42.0 Å². The predicted molar refractivity (Wildman–Crippen MR) is 146 cm³/mol. The lowest BCUT2D eigenvalue weighted by atomic mass is 10.0. The minimum atomic E-state index is -4.49. The number of alkyl halides is 3. The number of piperidine rings is 1. The van der Waals surface area contributed by atoms with Crippen LogP contribution in [0.3, 0.4) is 0 Å². The maximum Gasteiger partial charge on any atom is 0.415 e. The number of aromatic nitrogens is 2. The van der Waals surface area contributed by atoms with Crippen molar-refractivity contribution >= 4 is 23.0 Å². The van der Waals surface area contributed by atoms with Gasteiger partial charge in [0.1, 0.15) is 0 Å². The van der Waals surface area contributed by atoms with Gasteiger partial charge in [-0.05, 0) is 56.0 Å². The van der Waals surface area contributed by atoms with Crippen LogP contribution < -0.4 is 26.8 Å². The second-order valence-electron chi connectivity index (χ2n) is 9.45. The number of nitrogens with zero attached hydrogens (tertiary/aromatic N) is 3. The molecule has 1 saturated heterocycles. The molecule has 5 N–H and O–H groups in total. The summed E-state index contributed by atoms with van der Waals surface area (Å²) in [7, 11) is 0. The van der Waals surface area contributed by atoms with Crippen molar-refractivity contribution in [2.75, 3.05) is 31.5 Å². The Balaban J connectivity index is 1.43. The Morgan fingerprint density at radius 2 is 2.05 bits per heavy atom. The van der Waals surface area contributed by atoms with Gasteiger partial charge in [0.2, 0.25) is 0 Å². The molecule has 2 aliphatic heterocycles. The average molecular weight is 544 g/mol. The fourth-order valence-electron chi connectivity index (χ4n) is 4.61. The number of ether oxygens (including phenoxy) is 1. The average Bonchev–Trinajstić information content (AvgIpc) is 2.89. The van der Waals surface area contributed by atoms with Crippen LogP contribution in [0.2, 0.25) is 0 Å². The first-order valence-corrected chi connectivity index (χ1v) is 12.7. The van der Waals surface area contributed by atoms with Crippen molar-refractivity contribution in [2.24, 2.45) is 5.73 Å². The molecule has 0 saturated carbocycles. The van der Waals surface area contributed by atoms with Crippen LogP contribution >= 0.6 is 0 Å². The highest BCUT2D eigenvalue weighted by molar-refractivity contribution is 5.81. The van der Waals surface area contributed by atoms with Gasteiger partial charge in [0.05, 0.1) is 11.9 Å². The van der Waals surface area contributed by atoms with Gasteiger partial charge in [0.25, 0.3) is 0 Å². The van der Waals surface area contributed by atoms with Crippen molar-refractivity contribution in [2.45, 2.75) is 38.4 Å². The van der Waals surface area contributed by atoms with Gasteiger partial charge in [-0.3, -0.25) is 9.98 Å². The van der Waals surface area contributed by atoms with Gasteiger partial charge in [0, 0.05) is 31.2 Å². The van der Waals surface area contributed by atoms with E-state index in [2.05, 4.69) is 27.1 Å². The molecule has 1 fully saturated rings. The van der Waals surface area contributed by atoms with E-state index < -0.39 is 11.7 Å².